The molecule has 1 aliphatic carbocycles. The molecule has 0 fully saturated rings. The van der Waals surface area contributed by atoms with E-state index >= 15 is 0 Å². The van der Waals surface area contributed by atoms with Gasteiger partial charge in [0, 0.05) is 5.92 Å². The largest absolute Gasteiger partial charge is 0.405 e. The molecule has 0 saturated carbocycles. The second-order valence-corrected chi connectivity index (χ2v) is 2.94. The van der Waals surface area contributed by atoms with Crippen LogP contribution in [0.25, 0.3) is 0 Å². The zero-order valence-corrected chi connectivity index (χ0v) is 7.24. The van der Waals surface area contributed by atoms with Gasteiger partial charge in [-0.2, -0.15) is 0 Å². The van der Waals surface area contributed by atoms with Crippen LogP contribution in [0.5, 0.6) is 0 Å². The summed E-state index contributed by atoms with van der Waals surface area (Å²) in [6.45, 7) is 0.678. The van der Waals surface area contributed by atoms with Crippen LogP contribution in [0.3, 0.4) is 0 Å². The first-order chi connectivity index (χ1) is 5.88. The zero-order chi connectivity index (χ0) is 8.81. The number of rotatable bonds is 3. The van der Waals surface area contributed by atoms with Crippen LogP contribution in [0.1, 0.15) is 12.8 Å². The normalized spacial score (nSPS) is 23.1. The molecule has 0 heterocycles. The highest BCUT2D eigenvalue weighted by molar-refractivity contribution is 5.21. The van der Waals surface area contributed by atoms with Crippen molar-refractivity contribution in [3.63, 3.8) is 0 Å². The fourth-order valence-electron chi connectivity index (χ4n) is 1.41. The van der Waals surface area contributed by atoms with E-state index in [1.54, 1.807) is 6.20 Å². The van der Waals surface area contributed by atoms with Crippen molar-refractivity contribution < 1.29 is 0 Å². The Kier molecular flexibility index (Phi) is 3.61. The van der Waals surface area contributed by atoms with Gasteiger partial charge in [-0.15, -0.1) is 0 Å². The van der Waals surface area contributed by atoms with E-state index in [1.165, 1.54) is 5.57 Å². The van der Waals surface area contributed by atoms with Gasteiger partial charge in [0.05, 0.1) is 0 Å². The van der Waals surface area contributed by atoms with Gasteiger partial charge < -0.3 is 11.5 Å². The summed E-state index contributed by atoms with van der Waals surface area (Å²) in [5.74, 6) is 0.476. The third kappa shape index (κ3) is 2.24. The number of hydrogen-bond acceptors (Lipinski definition) is 2. The van der Waals surface area contributed by atoms with Crippen LogP contribution in [0.2, 0.25) is 0 Å². The maximum Gasteiger partial charge on any atom is 0.00321 e. The molecular formula is C10H16N2. The van der Waals surface area contributed by atoms with Crippen LogP contribution in [0.4, 0.5) is 0 Å². The lowest BCUT2D eigenvalue weighted by molar-refractivity contribution is 0.712. The molecule has 0 bridgehead atoms. The van der Waals surface area contributed by atoms with E-state index in [0.717, 1.165) is 12.8 Å². The smallest absolute Gasteiger partial charge is 0.00321 e. The van der Waals surface area contributed by atoms with Gasteiger partial charge in [-0.1, -0.05) is 24.3 Å². The second kappa shape index (κ2) is 4.78. The third-order valence-corrected chi connectivity index (χ3v) is 2.10. The zero-order valence-electron chi connectivity index (χ0n) is 7.24. The van der Waals surface area contributed by atoms with Crippen molar-refractivity contribution in [2.75, 3.05) is 6.54 Å². The molecule has 0 radical (unpaired) electrons. The summed E-state index contributed by atoms with van der Waals surface area (Å²) in [7, 11) is 0. The fraction of sp³-hybridized carbons (Fsp3) is 0.400. The number of allylic oxidation sites excluding steroid dienone is 4. The predicted octanol–water partition coefficient (Wildman–Crippen LogP) is 1.31. The Balaban J connectivity index is 2.55. The molecule has 4 N–H and O–H groups in total. The average molecular weight is 164 g/mol. The Morgan fingerprint density at radius 2 is 2.33 bits per heavy atom. The van der Waals surface area contributed by atoms with Crippen molar-refractivity contribution in [2.45, 2.75) is 12.8 Å². The van der Waals surface area contributed by atoms with Crippen molar-refractivity contribution in [1.82, 2.24) is 0 Å². The van der Waals surface area contributed by atoms with Gasteiger partial charge in [0.2, 0.25) is 0 Å². The van der Waals surface area contributed by atoms with E-state index in [1.807, 2.05) is 0 Å². The topological polar surface area (TPSA) is 52.0 Å². The minimum Gasteiger partial charge on any atom is -0.405 e. The lowest BCUT2D eigenvalue weighted by atomic mass is 9.91. The van der Waals surface area contributed by atoms with Crippen molar-refractivity contribution in [3.8, 4) is 0 Å². The molecule has 1 unspecified atom stereocenters. The SMILES string of the molecule is N/C=C(/CCN)C1C=CC=CC1. The van der Waals surface area contributed by atoms with Gasteiger partial charge >= 0.3 is 0 Å². The summed E-state index contributed by atoms with van der Waals surface area (Å²) >= 11 is 0. The van der Waals surface area contributed by atoms with Crippen LogP contribution in [-0.2, 0) is 0 Å². The Morgan fingerprint density at radius 3 is 2.83 bits per heavy atom. The molecule has 0 aliphatic heterocycles. The number of hydrogen-bond donors (Lipinski definition) is 2. The Bertz CT molecular complexity index is 214. The summed E-state index contributed by atoms with van der Waals surface area (Å²) in [5, 5.41) is 0. The lowest BCUT2D eigenvalue weighted by Gasteiger charge is -2.15. The first kappa shape index (κ1) is 9.07. The van der Waals surface area contributed by atoms with Gasteiger partial charge in [-0.25, -0.2) is 0 Å². The predicted molar refractivity (Wildman–Crippen MR) is 52.3 cm³/mol. The van der Waals surface area contributed by atoms with E-state index in [-0.39, 0.29) is 0 Å². The fourth-order valence-corrected chi connectivity index (χ4v) is 1.41. The minimum atomic E-state index is 0.476. The maximum absolute atomic E-state index is 5.51. The van der Waals surface area contributed by atoms with Crippen LogP contribution in [0, 0.1) is 5.92 Å². The molecule has 0 aromatic heterocycles. The van der Waals surface area contributed by atoms with Crippen LogP contribution in [0.15, 0.2) is 36.1 Å². The van der Waals surface area contributed by atoms with Crippen molar-refractivity contribution in [3.05, 3.63) is 36.1 Å². The minimum absolute atomic E-state index is 0.476. The summed E-state index contributed by atoms with van der Waals surface area (Å²) in [6, 6.07) is 0. The number of nitrogens with two attached hydrogens (primary N) is 2. The first-order valence-electron chi connectivity index (χ1n) is 4.32. The third-order valence-electron chi connectivity index (χ3n) is 2.10. The van der Waals surface area contributed by atoms with E-state index in [2.05, 4.69) is 24.3 Å². The summed E-state index contributed by atoms with van der Waals surface area (Å²) < 4.78 is 0. The summed E-state index contributed by atoms with van der Waals surface area (Å²) in [6.07, 6.45) is 12.1. The quantitative estimate of drug-likeness (QED) is 0.660. The Hall–Kier alpha value is -1.02. The van der Waals surface area contributed by atoms with E-state index in [4.69, 9.17) is 11.5 Å². The molecule has 12 heavy (non-hydrogen) atoms. The average Bonchev–Trinajstić information content (AvgIpc) is 2.15. The van der Waals surface area contributed by atoms with Gasteiger partial charge in [-0.3, -0.25) is 0 Å². The monoisotopic (exact) mass is 164 g/mol. The first-order valence-corrected chi connectivity index (χ1v) is 4.32. The molecular weight excluding hydrogens is 148 g/mol. The van der Waals surface area contributed by atoms with E-state index in [9.17, 15) is 0 Å². The lowest BCUT2D eigenvalue weighted by Crippen LogP contribution is -2.09. The highest BCUT2D eigenvalue weighted by Gasteiger charge is 2.09. The maximum atomic E-state index is 5.51. The van der Waals surface area contributed by atoms with Gasteiger partial charge in [-0.05, 0) is 31.2 Å². The van der Waals surface area contributed by atoms with Crippen molar-refractivity contribution in [2.24, 2.45) is 17.4 Å². The molecule has 0 amide bonds. The molecule has 66 valence electrons. The van der Waals surface area contributed by atoms with E-state index < -0.39 is 0 Å². The van der Waals surface area contributed by atoms with Gasteiger partial charge in [0.25, 0.3) is 0 Å². The molecule has 0 aromatic carbocycles. The standard InChI is InChI=1S/C10H16N2/c11-7-6-10(8-12)9-4-2-1-3-5-9/h1-4,8-9H,5-7,11-12H2/b10-8-. The molecule has 0 aromatic rings. The Labute approximate surface area is 73.6 Å². The van der Waals surface area contributed by atoms with Crippen LogP contribution >= 0.6 is 0 Å². The van der Waals surface area contributed by atoms with Gasteiger partial charge in [0.15, 0.2) is 0 Å². The van der Waals surface area contributed by atoms with Crippen LogP contribution in [-0.4, -0.2) is 6.54 Å². The summed E-state index contributed by atoms with van der Waals surface area (Å²) in [4.78, 5) is 0. The second-order valence-electron chi connectivity index (χ2n) is 2.94. The van der Waals surface area contributed by atoms with Crippen molar-refractivity contribution in [1.29, 1.82) is 0 Å². The molecule has 2 heteroatoms. The summed E-state index contributed by atoms with van der Waals surface area (Å²) in [5.41, 5.74) is 12.2. The molecule has 0 saturated heterocycles. The van der Waals surface area contributed by atoms with Crippen LogP contribution < -0.4 is 11.5 Å². The molecule has 1 aliphatic rings. The molecule has 1 rings (SSSR count). The van der Waals surface area contributed by atoms with Gasteiger partial charge in [0.1, 0.15) is 0 Å². The molecule has 0 spiro atoms. The highest BCUT2D eigenvalue weighted by atomic mass is 14.5. The highest BCUT2D eigenvalue weighted by Crippen LogP contribution is 2.21. The molecule has 1 atom stereocenters. The van der Waals surface area contributed by atoms with Crippen molar-refractivity contribution >= 4 is 0 Å². The van der Waals surface area contributed by atoms with E-state index in [0.29, 0.717) is 12.5 Å². The molecule has 2 nitrogen and oxygen atoms in total. The Morgan fingerprint density at radius 1 is 1.50 bits per heavy atom.